The molecule has 1 unspecified atom stereocenters. The van der Waals surface area contributed by atoms with E-state index in [1.807, 2.05) is 24.3 Å². The monoisotopic (exact) mass is 400 g/mol. The van der Waals surface area contributed by atoms with Gasteiger partial charge in [-0.3, -0.25) is 4.79 Å². The molecule has 0 saturated heterocycles. The Morgan fingerprint density at radius 2 is 2.17 bits per heavy atom. The number of amides is 1. The summed E-state index contributed by atoms with van der Waals surface area (Å²) in [6.07, 6.45) is 6.31. The van der Waals surface area contributed by atoms with Crippen LogP contribution >= 0.6 is 27.3 Å². The zero-order chi connectivity index (χ0) is 17.1. The number of nitriles is 1. The number of carbonyl (C=O) groups is 1. The highest BCUT2D eigenvalue weighted by molar-refractivity contribution is 9.10. The molecule has 0 fully saturated rings. The summed E-state index contributed by atoms with van der Waals surface area (Å²) in [6.45, 7) is 2.23. The molecule has 1 aromatic heterocycles. The third-order valence-corrected chi connectivity index (χ3v) is 5.86. The normalized spacial score (nSPS) is 16.6. The number of halogens is 1. The van der Waals surface area contributed by atoms with Gasteiger partial charge in [-0.15, -0.1) is 11.3 Å². The SMILES string of the molecule is CC1CCc2c(sc(NC(=O)/C=C/c3ccc(Br)cc3)c2C#N)C1. The number of hydrogen-bond acceptors (Lipinski definition) is 3. The van der Waals surface area contributed by atoms with Gasteiger partial charge in [-0.1, -0.05) is 35.0 Å². The molecule has 24 heavy (non-hydrogen) atoms. The largest absolute Gasteiger partial charge is 0.313 e. The van der Waals surface area contributed by atoms with Crippen molar-refractivity contribution >= 4 is 44.3 Å². The van der Waals surface area contributed by atoms with Crippen LogP contribution in [0, 0.1) is 17.2 Å². The van der Waals surface area contributed by atoms with Crippen LogP contribution in [0.2, 0.25) is 0 Å². The molecular weight excluding hydrogens is 384 g/mol. The number of hydrogen-bond donors (Lipinski definition) is 1. The molecule has 1 aliphatic rings. The second-order valence-corrected chi connectivity index (χ2v) is 8.06. The third kappa shape index (κ3) is 3.77. The van der Waals surface area contributed by atoms with Crippen molar-refractivity contribution in [3.63, 3.8) is 0 Å². The van der Waals surface area contributed by atoms with E-state index in [2.05, 4.69) is 34.2 Å². The quantitative estimate of drug-likeness (QED) is 0.723. The first-order chi connectivity index (χ1) is 11.6. The van der Waals surface area contributed by atoms with Crippen molar-refractivity contribution in [3.8, 4) is 6.07 Å². The van der Waals surface area contributed by atoms with E-state index >= 15 is 0 Å². The first kappa shape index (κ1) is 16.9. The minimum absolute atomic E-state index is 0.207. The van der Waals surface area contributed by atoms with E-state index in [0.717, 1.165) is 34.9 Å². The first-order valence-corrected chi connectivity index (χ1v) is 9.47. The maximum Gasteiger partial charge on any atom is 0.249 e. The standard InChI is InChI=1S/C19H17BrN2OS/c1-12-2-8-15-16(11-21)19(24-17(15)10-12)22-18(23)9-5-13-3-6-14(20)7-4-13/h3-7,9,12H,2,8,10H2,1H3,(H,22,23)/b9-5+. The average Bonchev–Trinajstić information content (AvgIpc) is 2.90. The number of anilines is 1. The molecule has 5 heteroatoms. The molecule has 1 heterocycles. The highest BCUT2D eigenvalue weighted by Crippen LogP contribution is 2.39. The fraction of sp³-hybridized carbons (Fsp3) is 0.263. The lowest BCUT2D eigenvalue weighted by Gasteiger charge is -2.17. The van der Waals surface area contributed by atoms with Crippen LogP contribution in [0.5, 0.6) is 0 Å². The summed E-state index contributed by atoms with van der Waals surface area (Å²) in [6, 6.07) is 9.99. The van der Waals surface area contributed by atoms with Crippen molar-refractivity contribution in [3.05, 3.63) is 56.4 Å². The van der Waals surface area contributed by atoms with Gasteiger partial charge >= 0.3 is 0 Å². The van der Waals surface area contributed by atoms with E-state index < -0.39 is 0 Å². The van der Waals surface area contributed by atoms with Gasteiger partial charge in [0.1, 0.15) is 11.1 Å². The summed E-state index contributed by atoms with van der Waals surface area (Å²) in [5.74, 6) is 0.435. The minimum Gasteiger partial charge on any atom is -0.313 e. The zero-order valence-electron chi connectivity index (χ0n) is 13.3. The van der Waals surface area contributed by atoms with Crippen molar-refractivity contribution in [2.75, 3.05) is 5.32 Å². The fourth-order valence-corrected chi connectivity index (χ4v) is 4.48. The van der Waals surface area contributed by atoms with Gasteiger partial charge in [-0.05, 0) is 54.5 Å². The predicted octanol–water partition coefficient (Wildman–Crippen LogP) is 5.16. The van der Waals surface area contributed by atoms with Gasteiger partial charge in [0.2, 0.25) is 5.91 Å². The molecule has 0 radical (unpaired) electrons. The van der Waals surface area contributed by atoms with Gasteiger partial charge in [0.05, 0.1) is 5.56 Å². The van der Waals surface area contributed by atoms with Crippen LogP contribution in [0.4, 0.5) is 5.00 Å². The molecule has 2 aromatic rings. The topological polar surface area (TPSA) is 52.9 Å². The molecule has 1 N–H and O–H groups in total. The Balaban J connectivity index is 1.75. The highest BCUT2D eigenvalue weighted by Gasteiger charge is 2.24. The molecule has 3 rings (SSSR count). The fourth-order valence-electron chi connectivity index (χ4n) is 2.86. The maximum absolute atomic E-state index is 12.2. The first-order valence-electron chi connectivity index (χ1n) is 7.86. The van der Waals surface area contributed by atoms with Crippen LogP contribution < -0.4 is 5.32 Å². The predicted molar refractivity (Wildman–Crippen MR) is 102 cm³/mol. The smallest absolute Gasteiger partial charge is 0.249 e. The van der Waals surface area contributed by atoms with Crippen LogP contribution in [0.3, 0.4) is 0 Å². The summed E-state index contributed by atoms with van der Waals surface area (Å²) in [5, 5.41) is 13.0. The highest BCUT2D eigenvalue weighted by atomic mass is 79.9. The summed E-state index contributed by atoms with van der Waals surface area (Å²) in [7, 11) is 0. The number of nitrogens with zero attached hydrogens (tertiary/aromatic N) is 1. The van der Waals surface area contributed by atoms with E-state index in [4.69, 9.17) is 0 Å². The summed E-state index contributed by atoms with van der Waals surface area (Å²) in [4.78, 5) is 13.4. The number of rotatable bonds is 3. The van der Waals surface area contributed by atoms with E-state index in [-0.39, 0.29) is 5.91 Å². The molecule has 122 valence electrons. The molecule has 0 saturated carbocycles. The summed E-state index contributed by atoms with van der Waals surface area (Å²) >= 11 is 4.93. The lowest BCUT2D eigenvalue weighted by Crippen LogP contribution is -2.10. The lowest BCUT2D eigenvalue weighted by molar-refractivity contribution is -0.111. The van der Waals surface area contributed by atoms with Gasteiger partial charge in [0.25, 0.3) is 0 Å². The lowest BCUT2D eigenvalue weighted by atomic mass is 9.89. The molecule has 0 bridgehead atoms. The Morgan fingerprint density at radius 1 is 1.42 bits per heavy atom. The third-order valence-electron chi connectivity index (χ3n) is 4.16. The van der Waals surface area contributed by atoms with Crippen LogP contribution in [0.25, 0.3) is 6.08 Å². The van der Waals surface area contributed by atoms with Crippen LogP contribution in [0.15, 0.2) is 34.8 Å². The zero-order valence-corrected chi connectivity index (χ0v) is 15.7. The second-order valence-electron chi connectivity index (χ2n) is 6.04. The van der Waals surface area contributed by atoms with E-state index in [9.17, 15) is 10.1 Å². The van der Waals surface area contributed by atoms with Gasteiger partial charge in [0.15, 0.2) is 0 Å². The summed E-state index contributed by atoms with van der Waals surface area (Å²) in [5.41, 5.74) is 2.73. The molecule has 3 nitrogen and oxygen atoms in total. The average molecular weight is 401 g/mol. The minimum atomic E-state index is -0.207. The van der Waals surface area contributed by atoms with Gasteiger partial charge in [0, 0.05) is 15.4 Å². The number of nitrogens with one attached hydrogen (secondary N) is 1. The number of thiophene rings is 1. The van der Waals surface area contributed by atoms with Gasteiger partial charge in [-0.25, -0.2) is 0 Å². The number of benzene rings is 1. The van der Waals surface area contributed by atoms with Crippen molar-refractivity contribution in [1.29, 1.82) is 5.26 Å². The van der Waals surface area contributed by atoms with Crippen LogP contribution in [0.1, 0.15) is 34.9 Å². The number of carbonyl (C=O) groups excluding carboxylic acids is 1. The molecule has 1 amide bonds. The molecule has 1 aliphatic carbocycles. The van der Waals surface area contributed by atoms with E-state index in [1.165, 1.54) is 11.0 Å². The van der Waals surface area contributed by atoms with Crippen molar-refractivity contribution in [2.24, 2.45) is 5.92 Å². The molecule has 1 atom stereocenters. The van der Waals surface area contributed by atoms with Crippen LogP contribution in [-0.4, -0.2) is 5.91 Å². The number of fused-ring (bicyclic) bond motifs is 1. The second kappa shape index (κ2) is 7.33. The molecule has 1 aromatic carbocycles. The van der Waals surface area contributed by atoms with Gasteiger partial charge < -0.3 is 5.32 Å². The Bertz CT molecular complexity index is 830. The van der Waals surface area contributed by atoms with E-state index in [0.29, 0.717) is 16.5 Å². The molecular formula is C19H17BrN2OS. The Hall–Kier alpha value is -1.90. The van der Waals surface area contributed by atoms with Crippen LogP contribution in [-0.2, 0) is 17.6 Å². The molecule has 0 spiro atoms. The van der Waals surface area contributed by atoms with Crippen molar-refractivity contribution < 1.29 is 4.79 Å². The van der Waals surface area contributed by atoms with Crippen molar-refractivity contribution in [2.45, 2.75) is 26.2 Å². The van der Waals surface area contributed by atoms with Gasteiger partial charge in [-0.2, -0.15) is 5.26 Å². The Morgan fingerprint density at radius 3 is 2.88 bits per heavy atom. The summed E-state index contributed by atoms with van der Waals surface area (Å²) < 4.78 is 1.00. The Kier molecular flexibility index (Phi) is 5.17. The Labute approximate surface area is 154 Å². The van der Waals surface area contributed by atoms with Crippen molar-refractivity contribution in [1.82, 2.24) is 0 Å². The van der Waals surface area contributed by atoms with E-state index in [1.54, 1.807) is 17.4 Å². The molecule has 0 aliphatic heterocycles. The maximum atomic E-state index is 12.2.